The lowest BCUT2D eigenvalue weighted by Crippen LogP contribution is -2.57. The van der Waals surface area contributed by atoms with E-state index in [0.717, 1.165) is 10.4 Å². The second kappa shape index (κ2) is 11.2. The number of hydrogen-bond donors (Lipinski definition) is 1. The van der Waals surface area contributed by atoms with Crippen molar-refractivity contribution >= 4 is 46.7 Å². The molecule has 4 atom stereocenters. The normalized spacial score (nSPS) is 24.6. The minimum atomic E-state index is -1.06. The van der Waals surface area contributed by atoms with Gasteiger partial charge in [-0.15, -0.1) is 11.3 Å². The molecule has 4 heterocycles. The first-order chi connectivity index (χ1) is 19.5. The van der Waals surface area contributed by atoms with Crippen LogP contribution in [0.15, 0.2) is 84.3 Å². The summed E-state index contributed by atoms with van der Waals surface area (Å²) in [7, 11) is 0. The number of anilines is 1. The molecule has 0 bridgehead atoms. The highest BCUT2D eigenvalue weighted by atomic mass is 32.1. The first-order valence-corrected chi connectivity index (χ1v) is 14.4. The van der Waals surface area contributed by atoms with E-state index in [1.165, 1.54) is 21.1 Å². The average molecular weight is 555 g/mol. The van der Waals surface area contributed by atoms with Gasteiger partial charge in [-0.25, -0.2) is 4.90 Å². The van der Waals surface area contributed by atoms with Crippen LogP contribution in [0.2, 0.25) is 0 Å². The van der Waals surface area contributed by atoms with Gasteiger partial charge < -0.3 is 15.1 Å². The van der Waals surface area contributed by atoms with E-state index in [4.69, 9.17) is 0 Å². The topological polar surface area (TPSA) is 90.0 Å². The highest BCUT2D eigenvalue weighted by molar-refractivity contribution is 7.10. The molecule has 3 fully saturated rings. The Morgan fingerprint density at radius 2 is 1.55 bits per heavy atom. The van der Waals surface area contributed by atoms with Crippen LogP contribution >= 0.6 is 11.3 Å². The Labute approximate surface area is 236 Å². The van der Waals surface area contributed by atoms with E-state index >= 15 is 0 Å². The number of hydrogen-bond acceptors (Lipinski definition) is 6. The zero-order chi connectivity index (χ0) is 27.6. The Kier molecular flexibility index (Phi) is 7.32. The maximum atomic E-state index is 14.2. The fraction of sp³-hybridized carbons (Fsp3) is 0.290. The summed E-state index contributed by atoms with van der Waals surface area (Å²) in [5.74, 6) is -3.18. The molecule has 3 aliphatic heterocycles. The van der Waals surface area contributed by atoms with Gasteiger partial charge in [-0.05, 0) is 29.1 Å². The van der Waals surface area contributed by atoms with Gasteiger partial charge >= 0.3 is 0 Å². The van der Waals surface area contributed by atoms with Crippen LogP contribution in [0, 0.1) is 11.8 Å². The molecule has 1 N–H and O–H groups in total. The maximum absolute atomic E-state index is 14.2. The molecule has 40 heavy (non-hydrogen) atoms. The molecule has 204 valence electrons. The molecule has 4 unspecified atom stereocenters. The molecule has 0 radical (unpaired) electrons. The summed E-state index contributed by atoms with van der Waals surface area (Å²) in [5.41, 5.74) is 1.38. The Morgan fingerprint density at radius 1 is 0.875 bits per heavy atom. The Bertz CT molecular complexity index is 1420. The third-order valence-corrected chi connectivity index (χ3v) is 8.78. The number of para-hydroxylation sites is 1. The summed E-state index contributed by atoms with van der Waals surface area (Å²) in [6, 6.07) is 20.4. The number of benzene rings is 2. The van der Waals surface area contributed by atoms with Gasteiger partial charge in [0, 0.05) is 31.1 Å². The maximum Gasteiger partial charge on any atom is 0.246 e. The number of carbonyl (C=O) groups is 4. The number of amides is 4. The highest BCUT2D eigenvalue weighted by Crippen LogP contribution is 2.45. The summed E-state index contributed by atoms with van der Waals surface area (Å²) < 4.78 is 0. The van der Waals surface area contributed by atoms with Crippen molar-refractivity contribution in [3.05, 3.63) is 94.7 Å². The SMILES string of the molecule is O=C(C1C2C(=O)N(c3ccccc3)C(=O)C2C(C=Cc2ccccc2)N1C(=O)Cc1cccs1)N1CCNCC1. The van der Waals surface area contributed by atoms with E-state index < -0.39 is 29.8 Å². The lowest BCUT2D eigenvalue weighted by atomic mass is 9.88. The smallest absolute Gasteiger partial charge is 0.246 e. The van der Waals surface area contributed by atoms with Crippen molar-refractivity contribution in [2.75, 3.05) is 31.1 Å². The van der Waals surface area contributed by atoms with Crippen LogP contribution in [0.5, 0.6) is 0 Å². The van der Waals surface area contributed by atoms with E-state index in [1.807, 2.05) is 66.1 Å². The second-order valence-corrected chi connectivity index (χ2v) is 11.3. The number of carbonyl (C=O) groups excluding carboxylic acids is 4. The van der Waals surface area contributed by atoms with E-state index in [9.17, 15) is 19.2 Å². The van der Waals surface area contributed by atoms with Crippen LogP contribution in [0.3, 0.4) is 0 Å². The van der Waals surface area contributed by atoms with E-state index in [1.54, 1.807) is 29.2 Å². The molecule has 8 nitrogen and oxygen atoms in total. The number of likely N-dealkylation sites (tertiary alicyclic amines) is 1. The molecule has 6 rings (SSSR count). The van der Waals surface area contributed by atoms with Crippen molar-refractivity contribution in [2.24, 2.45) is 11.8 Å². The molecule has 2 aromatic carbocycles. The number of nitrogens with one attached hydrogen (secondary N) is 1. The summed E-state index contributed by atoms with van der Waals surface area (Å²) in [6.45, 7) is 2.23. The zero-order valence-electron chi connectivity index (χ0n) is 21.9. The fourth-order valence-corrected chi connectivity index (χ4v) is 6.77. The van der Waals surface area contributed by atoms with Crippen LogP contribution in [-0.2, 0) is 25.6 Å². The molecule has 4 amide bonds. The first kappa shape index (κ1) is 26.2. The molecule has 0 saturated carbocycles. The van der Waals surface area contributed by atoms with E-state index in [2.05, 4.69) is 5.32 Å². The van der Waals surface area contributed by atoms with Crippen LogP contribution in [0.4, 0.5) is 5.69 Å². The van der Waals surface area contributed by atoms with Crippen molar-refractivity contribution in [2.45, 2.75) is 18.5 Å². The average Bonchev–Trinajstić information content (AvgIpc) is 3.69. The molecule has 0 aliphatic carbocycles. The van der Waals surface area contributed by atoms with Gasteiger partial charge in [-0.1, -0.05) is 66.7 Å². The number of imide groups is 1. The predicted octanol–water partition coefficient (Wildman–Crippen LogP) is 2.82. The predicted molar refractivity (Wildman–Crippen MR) is 153 cm³/mol. The first-order valence-electron chi connectivity index (χ1n) is 13.5. The summed E-state index contributed by atoms with van der Waals surface area (Å²) in [5, 5.41) is 5.15. The zero-order valence-corrected chi connectivity index (χ0v) is 22.7. The molecular weight excluding hydrogens is 524 g/mol. The Balaban J connectivity index is 1.45. The number of thiophene rings is 1. The highest BCUT2D eigenvalue weighted by Gasteiger charge is 2.65. The van der Waals surface area contributed by atoms with E-state index in [0.29, 0.717) is 31.9 Å². The molecule has 1 aromatic heterocycles. The van der Waals surface area contributed by atoms with Crippen LogP contribution in [0.25, 0.3) is 6.08 Å². The number of nitrogens with zero attached hydrogens (tertiary/aromatic N) is 3. The third kappa shape index (κ3) is 4.76. The number of rotatable bonds is 6. The summed E-state index contributed by atoms with van der Waals surface area (Å²) in [6.07, 6.45) is 3.79. The summed E-state index contributed by atoms with van der Waals surface area (Å²) >= 11 is 1.47. The van der Waals surface area contributed by atoms with Crippen molar-refractivity contribution in [1.29, 1.82) is 0 Å². The Morgan fingerprint density at radius 3 is 2.23 bits per heavy atom. The van der Waals surface area contributed by atoms with Gasteiger partial charge in [0.15, 0.2) is 0 Å². The minimum Gasteiger partial charge on any atom is -0.338 e. The lowest BCUT2D eigenvalue weighted by molar-refractivity contribution is -0.147. The molecule has 0 spiro atoms. The largest absolute Gasteiger partial charge is 0.338 e. The number of piperazine rings is 1. The number of fused-ring (bicyclic) bond motifs is 1. The quantitative estimate of drug-likeness (QED) is 0.474. The van der Waals surface area contributed by atoms with Gasteiger partial charge in [0.1, 0.15) is 6.04 Å². The van der Waals surface area contributed by atoms with Crippen molar-refractivity contribution in [3.63, 3.8) is 0 Å². The van der Waals surface area contributed by atoms with Crippen molar-refractivity contribution in [3.8, 4) is 0 Å². The monoisotopic (exact) mass is 554 g/mol. The van der Waals surface area contributed by atoms with Crippen molar-refractivity contribution in [1.82, 2.24) is 15.1 Å². The van der Waals surface area contributed by atoms with Crippen LogP contribution < -0.4 is 10.2 Å². The fourth-order valence-electron chi connectivity index (χ4n) is 6.07. The van der Waals surface area contributed by atoms with E-state index in [-0.39, 0.29) is 24.1 Å². The molecule has 3 aromatic rings. The molecule has 9 heteroatoms. The van der Waals surface area contributed by atoms with Gasteiger partial charge in [0.05, 0.1) is 30.0 Å². The van der Waals surface area contributed by atoms with Gasteiger partial charge in [-0.3, -0.25) is 19.2 Å². The van der Waals surface area contributed by atoms with Gasteiger partial charge in [0.25, 0.3) is 0 Å². The minimum absolute atomic E-state index is 0.100. The van der Waals surface area contributed by atoms with Crippen LogP contribution in [-0.4, -0.2) is 71.7 Å². The standard InChI is InChI=1S/C31H30N4O4S/c36-25(20-23-12-7-19-40-23)35-24(14-13-21-8-3-1-4-9-21)26-27(28(35)31(39)33-17-15-32-16-18-33)30(38)34(29(26)37)22-10-5-2-6-11-22/h1-14,19,24,26-28,32H,15-18,20H2. The van der Waals surface area contributed by atoms with Crippen LogP contribution in [0.1, 0.15) is 10.4 Å². The lowest BCUT2D eigenvalue weighted by Gasteiger charge is -2.36. The molecular formula is C31H30N4O4S. The second-order valence-electron chi connectivity index (χ2n) is 10.2. The van der Waals surface area contributed by atoms with Crippen molar-refractivity contribution < 1.29 is 19.2 Å². The Hall–Kier alpha value is -4.08. The van der Waals surface area contributed by atoms with Gasteiger partial charge in [-0.2, -0.15) is 0 Å². The van der Waals surface area contributed by atoms with Gasteiger partial charge in [0.2, 0.25) is 23.6 Å². The molecule has 3 saturated heterocycles. The molecule has 3 aliphatic rings. The third-order valence-electron chi connectivity index (χ3n) is 7.90. The summed E-state index contributed by atoms with van der Waals surface area (Å²) in [4.78, 5) is 61.6.